The molecular formula is C21H19N3O4. The number of nitrogens with zero attached hydrogens (tertiary/aromatic N) is 3. The zero-order valence-electron chi connectivity index (χ0n) is 15.2. The first-order valence-electron chi connectivity index (χ1n) is 9.57. The molecule has 1 saturated carbocycles. The number of hydrogen-bond donors (Lipinski definition) is 0. The lowest BCUT2D eigenvalue weighted by atomic mass is 9.82. The molecule has 0 spiro atoms. The number of rotatable bonds is 3. The zero-order valence-corrected chi connectivity index (χ0v) is 15.2. The molecule has 1 fully saturated rings. The van der Waals surface area contributed by atoms with E-state index in [1.807, 2.05) is 18.2 Å². The SMILES string of the molecule is O=C1c2cccc([N+](=O)[O-])c2C(=O)N1CN1c2ccccc2C2CCCCC21. The van der Waals surface area contributed by atoms with E-state index in [0.717, 1.165) is 29.8 Å². The van der Waals surface area contributed by atoms with Gasteiger partial charge in [-0.05, 0) is 30.5 Å². The molecule has 2 unspecified atom stereocenters. The van der Waals surface area contributed by atoms with Gasteiger partial charge in [0.2, 0.25) is 0 Å². The van der Waals surface area contributed by atoms with Gasteiger partial charge in [0.1, 0.15) is 12.2 Å². The van der Waals surface area contributed by atoms with Gasteiger partial charge in [0.15, 0.2) is 0 Å². The van der Waals surface area contributed by atoms with E-state index in [0.29, 0.717) is 5.92 Å². The van der Waals surface area contributed by atoms with Gasteiger partial charge < -0.3 is 4.90 Å². The Morgan fingerprint density at radius 1 is 1.00 bits per heavy atom. The van der Waals surface area contributed by atoms with Crippen LogP contribution in [0.3, 0.4) is 0 Å². The number of carbonyl (C=O) groups is 2. The van der Waals surface area contributed by atoms with Crippen molar-refractivity contribution < 1.29 is 14.5 Å². The number of benzene rings is 2. The number of hydrogen-bond acceptors (Lipinski definition) is 5. The van der Waals surface area contributed by atoms with Crippen molar-refractivity contribution in [2.75, 3.05) is 11.6 Å². The van der Waals surface area contributed by atoms with Gasteiger partial charge in [0, 0.05) is 23.7 Å². The number of carbonyl (C=O) groups excluding carboxylic acids is 2. The Bertz CT molecular complexity index is 1020. The monoisotopic (exact) mass is 377 g/mol. The Hall–Kier alpha value is -3.22. The molecule has 0 saturated heterocycles. The Morgan fingerprint density at radius 3 is 2.61 bits per heavy atom. The first-order chi connectivity index (χ1) is 13.6. The van der Waals surface area contributed by atoms with Crippen LogP contribution in [-0.4, -0.2) is 34.3 Å². The third-order valence-electron chi connectivity index (χ3n) is 6.24. The molecule has 2 aliphatic heterocycles. The van der Waals surface area contributed by atoms with Crippen molar-refractivity contribution in [3.05, 3.63) is 69.3 Å². The first kappa shape index (κ1) is 16.9. The second-order valence-electron chi connectivity index (χ2n) is 7.62. The molecule has 2 heterocycles. The van der Waals surface area contributed by atoms with Crippen molar-refractivity contribution in [3.63, 3.8) is 0 Å². The standard InChI is InChI=1S/C21H19N3O4/c25-20-15-8-5-11-18(24(27)28)19(15)21(26)23(20)12-22-16-9-3-1-6-13(16)14-7-2-4-10-17(14)22/h1,3,5-6,8-9,11,14,17H,2,4,7,10,12H2. The average molecular weight is 377 g/mol. The molecule has 3 aliphatic rings. The average Bonchev–Trinajstić information content (AvgIpc) is 3.16. The Morgan fingerprint density at radius 2 is 1.79 bits per heavy atom. The summed E-state index contributed by atoms with van der Waals surface area (Å²) in [5, 5.41) is 11.3. The van der Waals surface area contributed by atoms with E-state index < -0.39 is 16.7 Å². The largest absolute Gasteiger partial charge is 0.349 e. The number of nitro benzene ring substituents is 1. The highest BCUT2D eigenvalue weighted by Gasteiger charge is 2.45. The van der Waals surface area contributed by atoms with Crippen molar-refractivity contribution in [3.8, 4) is 0 Å². The molecule has 5 rings (SSSR count). The summed E-state index contributed by atoms with van der Waals surface area (Å²) in [6, 6.07) is 12.6. The van der Waals surface area contributed by atoms with Gasteiger partial charge in [-0.15, -0.1) is 0 Å². The van der Waals surface area contributed by atoms with E-state index in [1.54, 1.807) is 0 Å². The Labute approximate surface area is 161 Å². The summed E-state index contributed by atoms with van der Waals surface area (Å²) in [5.41, 5.74) is 2.05. The predicted octanol–water partition coefficient (Wildman–Crippen LogP) is 3.69. The summed E-state index contributed by atoms with van der Waals surface area (Å²) in [7, 11) is 0. The molecular weight excluding hydrogens is 358 g/mol. The molecule has 28 heavy (non-hydrogen) atoms. The molecule has 0 radical (unpaired) electrons. The van der Waals surface area contributed by atoms with Gasteiger partial charge in [-0.2, -0.15) is 0 Å². The number of fused-ring (bicyclic) bond motifs is 4. The topological polar surface area (TPSA) is 83.8 Å². The van der Waals surface area contributed by atoms with Crippen molar-refractivity contribution in [2.24, 2.45) is 0 Å². The number of imide groups is 1. The molecule has 7 heteroatoms. The van der Waals surface area contributed by atoms with Gasteiger partial charge in [0.25, 0.3) is 17.5 Å². The van der Waals surface area contributed by atoms with Crippen LogP contribution in [0.5, 0.6) is 0 Å². The van der Waals surface area contributed by atoms with Crippen molar-refractivity contribution in [1.82, 2.24) is 4.90 Å². The molecule has 0 bridgehead atoms. The molecule has 2 amide bonds. The highest BCUT2D eigenvalue weighted by atomic mass is 16.6. The third-order valence-corrected chi connectivity index (χ3v) is 6.24. The van der Waals surface area contributed by atoms with Gasteiger partial charge in [-0.3, -0.25) is 24.6 Å². The summed E-state index contributed by atoms with van der Waals surface area (Å²) in [6.07, 6.45) is 4.43. The molecule has 2 aromatic carbocycles. The maximum Gasteiger partial charge on any atom is 0.282 e. The number of para-hydroxylation sites is 1. The van der Waals surface area contributed by atoms with Crippen LogP contribution < -0.4 is 4.90 Å². The fourth-order valence-electron chi connectivity index (χ4n) is 5.02. The van der Waals surface area contributed by atoms with Crippen LogP contribution >= 0.6 is 0 Å². The summed E-state index contributed by atoms with van der Waals surface area (Å²) in [5.74, 6) is -0.626. The van der Waals surface area contributed by atoms with E-state index in [9.17, 15) is 19.7 Å². The minimum Gasteiger partial charge on any atom is -0.349 e. The smallest absolute Gasteiger partial charge is 0.282 e. The summed E-state index contributed by atoms with van der Waals surface area (Å²) in [6.45, 7) is 0.127. The van der Waals surface area contributed by atoms with Crippen LogP contribution in [0.15, 0.2) is 42.5 Å². The quantitative estimate of drug-likeness (QED) is 0.463. The van der Waals surface area contributed by atoms with Crippen molar-refractivity contribution in [2.45, 2.75) is 37.6 Å². The lowest BCUT2D eigenvalue weighted by molar-refractivity contribution is -0.385. The van der Waals surface area contributed by atoms with Crippen molar-refractivity contribution >= 4 is 23.2 Å². The molecule has 2 aromatic rings. The molecule has 0 N–H and O–H groups in total. The normalized spacial score (nSPS) is 22.9. The van der Waals surface area contributed by atoms with Gasteiger partial charge in [-0.1, -0.05) is 37.1 Å². The van der Waals surface area contributed by atoms with Crippen LogP contribution in [0, 0.1) is 10.1 Å². The number of nitro groups is 1. The van der Waals surface area contributed by atoms with E-state index in [-0.39, 0.29) is 29.5 Å². The van der Waals surface area contributed by atoms with E-state index >= 15 is 0 Å². The van der Waals surface area contributed by atoms with E-state index in [4.69, 9.17) is 0 Å². The first-order valence-corrected chi connectivity index (χ1v) is 9.57. The third kappa shape index (κ3) is 2.28. The van der Waals surface area contributed by atoms with E-state index in [2.05, 4.69) is 11.0 Å². The summed E-state index contributed by atoms with van der Waals surface area (Å²) >= 11 is 0. The zero-order chi connectivity index (χ0) is 19.4. The second-order valence-corrected chi connectivity index (χ2v) is 7.62. The van der Waals surface area contributed by atoms with Gasteiger partial charge in [-0.25, -0.2) is 0 Å². The summed E-state index contributed by atoms with van der Waals surface area (Å²) in [4.78, 5) is 39.9. The van der Waals surface area contributed by atoms with Crippen LogP contribution in [0.25, 0.3) is 0 Å². The van der Waals surface area contributed by atoms with E-state index in [1.165, 1.54) is 30.2 Å². The lowest BCUT2D eigenvalue weighted by Gasteiger charge is -2.35. The Balaban J connectivity index is 1.52. The van der Waals surface area contributed by atoms with Crippen LogP contribution in [0.2, 0.25) is 0 Å². The maximum atomic E-state index is 13.0. The fraction of sp³-hybridized carbons (Fsp3) is 0.333. The minimum absolute atomic E-state index is 0.0924. The minimum atomic E-state index is -0.601. The molecule has 1 aliphatic carbocycles. The van der Waals surface area contributed by atoms with Crippen LogP contribution in [-0.2, 0) is 0 Å². The summed E-state index contributed by atoms with van der Waals surface area (Å²) < 4.78 is 0. The maximum absolute atomic E-state index is 13.0. The Kier molecular flexibility index (Phi) is 3.72. The van der Waals surface area contributed by atoms with Crippen molar-refractivity contribution in [1.29, 1.82) is 0 Å². The number of amides is 2. The molecule has 0 aromatic heterocycles. The highest BCUT2D eigenvalue weighted by Crippen LogP contribution is 2.48. The van der Waals surface area contributed by atoms with Gasteiger partial charge >= 0.3 is 0 Å². The predicted molar refractivity (Wildman–Crippen MR) is 102 cm³/mol. The lowest BCUT2D eigenvalue weighted by Crippen LogP contribution is -2.46. The second kappa shape index (κ2) is 6.15. The van der Waals surface area contributed by atoms with Gasteiger partial charge in [0.05, 0.1) is 10.5 Å². The molecule has 142 valence electrons. The molecule has 7 nitrogen and oxygen atoms in total. The fourth-order valence-corrected chi connectivity index (χ4v) is 5.02. The van der Waals surface area contributed by atoms with Crippen LogP contribution in [0.1, 0.15) is 57.9 Å². The number of anilines is 1. The highest BCUT2D eigenvalue weighted by molar-refractivity contribution is 6.23. The molecule has 2 atom stereocenters. The van der Waals surface area contributed by atoms with Crippen LogP contribution in [0.4, 0.5) is 11.4 Å².